The van der Waals surface area contributed by atoms with Crippen LogP contribution >= 0.6 is 16.1 Å². The standard InChI is InChI=1S/C6H5BrN2O4S/c7-8-14(12,13)6-3-1-2-5(4-6)9(10)11/h1-4,8H. The first-order chi connectivity index (χ1) is 6.47. The molecule has 8 heteroatoms. The number of benzene rings is 1. The highest BCUT2D eigenvalue weighted by Crippen LogP contribution is 2.17. The zero-order valence-corrected chi connectivity index (χ0v) is 9.08. The van der Waals surface area contributed by atoms with Crippen LogP contribution in [0.3, 0.4) is 0 Å². The Kier molecular flexibility index (Phi) is 3.19. The van der Waals surface area contributed by atoms with E-state index in [0.717, 1.165) is 6.07 Å². The number of hydrogen-bond acceptors (Lipinski definition) is 4. The van der Waals surface area contributed by atoms with E-state index in [1.165, 1.54) is 18.2 Å². The van der Waals surface area contributed by atoms with E-state index < -0.39 is 14.9 Å². The fourth-order valence-electron chi connectivity index (χ4n) is 0.809. The Balaban J connectivity index is 3.26. The van der Waals surface area contributed by atoms with E-state index in [4.69, 9.17) is 0 Å². The first kappa shape index (κ1) is 11.1. The minimum atomic E-state index is -3.69. The Bertz CT molecular complexity index is 459. The molecule has 0 radical (unpaired) electrons. The van der Waals surface area contributed by atoms with Gasteiger partial charge in [0.05, 0.1) is 9.82 Å². The quantitative estimate of drug-likeness (QED) is 0.512. The minimum absolute atomic E-state index is 0.163. The van der Waals surface area contributed by atoms with Crippen LogP contribution in [-0.2, 0) is 10.0 Å². The number of hydrogen-bond donors (Lipinski definition) is 1. The number of nitro groups is 1. The first-order valence-electron chi connectivity index (χ1n) is 3.34. The van der Waals surface area contributed by atoms with Crippen molar-refractivity contribution in [1.29, 1.82) is 0 Å². The van der Waals surface area contributed by atoms with Gasteiger partial charge in [-0.15, -0.1) is 3.75 Å². The van der Waals surface area contributed by atoms with Crippen molar-refractivity contribution in [2.75, 3.05) is 0 Å². The maximum Gasteiger partial charge on any atom is 0.270 e. The number of sulfonamides is 1. The van der Waals surface area contributed by atoms with Gasteiger partial charge in [-0.25, -0.2) is 8.42 Å². The van der Waals surface area contributed by atoms with Gasteiger partial charge in [0.25, 0.3) is 5.69 Å². The summed E-state index contributed by atoms with van der Waals surface area (Å²) >= 11 is 2.56. The predicted octanol–water partition coefficient (Wildman–Crippen LogP) is 1.18. The number of halogens is 1. The molecule has 0 aromatic heterocycles. The third kappa shape index (κ3) is 2.28. The van der Waals surface area contributed by atoms with Crippen molar-refractivity contribution in [2.45, 2.75) is 4.90 Å². The fourth-order valence-corrected chi connectivity index (χ4v) is 1.99. The van der Waals surface area contributed by atoms with Gasteiger partial charge in [0.2, 0.25) is 10.0 Å². The molecule has 1 aromatic rings. The third-order valence-electron chi connectivity index (χ3n) is 1.44. The van der Waals surface area contributed by atoms with Crippen molar-refractivity contribution in [3.8, 4) is 0 Å². The van der Waals surface area contributed by atoms with Crippen LogP contribution in [0, 0.1) is 10.1 Å². The van der Waals surface area contributed by atoms with Crippen LogP contribution in [-0.4, -0.2) is 13.3 Å². The molecule has 1 N–H and O–H groups in total. The highest BCUT2D eigenvalue weighted by atomic mass is 79.9. The van der Waals surface area contributed by atoms with E-state index in [2.05, 4.69) is 16.1 Å². The number of rotatable bonds is 3. The summed E-state index contributed by atoms with van der Waals surface area (Å²) in [5.74, 6) is 0. The maximum atomic E-state index is 11.2. The highest BCUT2D eigenvalue weighted by molar-refractivity contribution is 9.09. The Labute approximate surface area is 88.5 Å². The molecular weight excluding hydrogens is 276 g/mol. The van der Waals surface area contributed by atoms with Gasteiger partial charge in [0, 0.05) is 28.3 Å². The first-order valence-corrected chi connectivity index (χ1v) is 5.62. The molecule has 76 valence electrons. The Morgan fingerprint density at radius 2 is 2.07 bits per heavy atom. The molecule has 6 nitrogen and oxygen atoms in total. The molecule has 0 amide bonds. The van der Waals surface area contributed by atoms with Crippen molar-refractivity contribution in [3.63, 3.8) is 0 Å². The molecule has 0 aliphatic rings. The molecule has 0 saturated heterocycles. The molecule has 0 bridgehead atoms. The number of nitrogens with one attached hydrogen (secondary N) is 1. The lowest BCUT2D eigenvalue weighted by Gasteiger charge is -1.99. The van der Waals surface area contributed by atoms with Crippen LogP contribution in [0.4, 0.5) is 5.69 Å². The summed E-state index contributed by atoms with van der Waals surface area (Å²) in [6, 6.07) is 4.75. The van der Waals surface area contributed by atoms with E-state index in [-0.39, 0.29) is 10.6 Å². The topological polar surface area (TPSA) is 89.3 Å². The molecule has 0 spiro atoms. The molecule has 14 heavy (non-hydrogen) atoms. The van der Waals surface area contributed by atoms with Crippen molar-refractivity contribution in [1.82, 2.24) is 3.75 Å². The molecule has 0 unspecified atom stereocenters. The summed E-state index contributed by atoms with van der Waals surface area (Å²) in [4.78, 5) is 9.52. The van der Waals surface area contributed by atoms with Crippen LogP contribution in [0.1, 0.15) is 0 Å². The van der Waals surface area contributed by atoms with Crippen molar-refractivity contribution >= 4 is 31.9 Å². The van der Waals surface area contributed by atoms with Gasteiger partial charge >= 0.3 is 0 Å². The van der Waals surface area contributed by atoms with Gasteiger partial charge in [-0.3, -0.25) is 10.1 Å². The lowest BCUT2D eigenvalue weighted by Crippen LogP contribution is -2.12. The van der Waals surface area contributed by atoms with Crippen molar-refractivity contribution in [2.24, 2.45) is 0 Å². The molecule has 1 rings (SSSR count). The summed E-state index contributed by atoms with van der Waals surface area (Å²) in [5, 5.41) is 10.3. The second kappa shape index (κ2) is 4.03. The Morgan fingerprint density at radius 3 is 2.57 bits per heavy atom. The van der Waals surface area contributed by atoms with Crippen LogP contribution in [0.25, 0.3) is 0 Å². The molecule has 0 heterocycles. The molecule has 0 saturated carbocycles. The summed E-state index contributed by atoms with van der Waals surface area (Å²) in [7, 11) is -3.69. The van der Waals surface area contributed by atoms with E-state index in [0.29, 0.717) is 0 Å². The number of non-ortho nitro benzene ring substituents is 1. The van der Waals surface area contributed by atoms with Crippen molar-refractivity contribution in [3.05, 3.63) is 34.4 Å². The van der Waals surface area contributed by atoms with E-state index >= 15 is 0 Å². The molecule has 0 atom stereocenters. The third-order valence-corrected chi connectivity index (χ3v) is 3.80. The van der Waals surface area contributed by atoms with Gasteiger partial charge in [-0.2, -0.15) is 0 Å². The van der Waals surface area contributed by atoms with Gasteiger partial charge < -0.3 is 0 Å². The smallest absolute Gasteiger partial charge is 0.258 e. The zero-order valence-electron chi connectivity index (χ0n) is 6.68. The molecule has 0 fully saturated rings. The SMILES string of the molecule is O=[N+]([O-])c1cccc(S(=O)(=O)NBr)c1. The van der Waals surface area contributed by atoms with Crippen LogP contribution in [0.5, 0.6) is 0 Å². The van der Waals surface area contributed by atoms with Gasteiger partial charge in [-0.1, -0.05) is 6.07 Å². The second-order valence-electron chi connectivity index (χ2n) is 2.34. The van der Waals surface area contributed by atoms with Gasteiger partial charge in [0.15, 0.2) is 0 Å². The molecule has 0 aliphatic carbocycles. The largest absolute Gasteiger partial charge is 0.270 e. The summed E-state index contributed by atoms with van der Waals surface area (Å²) in [5.41, 5.74) is -0.270. The maximum absolute atomic E-state index is 11.2. The lowest BCUT2D eigenvalue weighted by atomic mass is 10.3. The van der Waals surface area contributed by atoms with Gasteiger partial charge in [0.1, 0.15) is 0 Å². The summed E-state index contributed by atoms with van der Waals surface area (Å²) < 4.78 is 24.3. The summed E-state index contributed by atoms with van der Waals surface area (Å²) in [6.07, 6.45) is 0. The second-order valence-corrected chi connectivity index (χ2v) is 4.94. The van der Waals surface area contributed by atoms with Crippen LogP contribution in [0.15, 0.2) is 29.2 Å². The monoisotopic (exact) mass is 280 g/mol. The van der Waals surface area contributed by atoms with Crippen LogP contribution < -0.4 is 3.75 Å². The van der Waals surface area contributed by atoms with Crippen LogP contribution in [0.2, 0.25) is 0 Å². The number of nitrogens with zero attached hydrogens (tertiary/aromatic N) is 1. The molecule has 1 aromatic carbocycles. The lowest BCUT2D eigenvalue weighted by molar-refractivity contribution is -0.385. The zero-order chi connectivity index (χ0) is 10.8. The van der Waals surface area contributed by atoms with E-state index in [9.17, 15) is 18.5 Å². The fraction of sp³-hybridized carbons (Fsp3) is 0. The molecular formula is C6H5BrN2O4S. The average molecular weight is 281 g/mol. The Hall–Kier alpha value is -0.990. The van der Waals surface area contributed by atoms with E-state index in [1.54, 1.807) is 0 Å². The number of nitro benzene ring substituents is 1. The molecule has 0 aliphatic heterocycles. The average Bonchev–Trinajstić information content (AvgIpc) is 2.18. The predicted molar refractivity (Wildman–Crippen MR) is 52.3 cm³/mol. The van der Waals surface area contributed by atoms with Gasteiger partial charge in [-0.05, 0) is 6.07 Å². The highest BCUT2D eigenvalue weighted by Gasteiger charge is 2.15. The normalized spacial score (nSPS) is 11.2. The minimum Gasteiger partial charge on any atom is -0.258 e. The van der Waals surface area contributed by atoms with E-state index in [1.807, 2.05) is 3.75 Å². The summed E-state index contributed by atoms with van der Waals surface area (Å²) in [6.45, 7) is 0. The Morgan fingerprint density at radius 1 is 1.43 bits per heavy atom. The van der Waals surface area contributed by atoms with Crippen molar-refractivity contribution < 1.29 is 13.3 Å².